The molecule has 0 atom stereocenters. The van der Waals surface area contributed by atoms with Crippen LogP contribution in [0.25, 0.3) is 5.69 Å². The number of thioether (sulfide) groups is 1. The van der Waals surface area contributed by atoms with Crippen LogP contribution in [0, 0.1) is 0 Å². The van der Waals surface area contributed by atoms with Crippen LogP contribution in [0.2, 0.25) is 0 Å². The number of carbonyl (C=O) groups is 1. The minimum atomic E-state index is 0.0297. The molecule has 8 nitrogen and oxygen atoms in total. The van der Waals surface area contributed by atoms with Crippen molar-refractivity contribution in [1.82, 2.24) is 19.7 Å². The molecule has 178 valence electrons. The van der Waals surface area contributed by atoms with Crippen LogP contribution in [0.1, 0.15) is 24.8 Å². The van der Waals surface area contributed by atoms with Gasteiger partial charge < -0.3 is 19.3 Å². The molecule has 34 heavy (non-hydrogen) atoms. The monoisotopic (exact) mass is 479 g/mol. The normalized spacial score (nSPS) is 15.3. The minimum absolute atomic E-state index is 0.0297. The minimum Gasteiger partial charge on any atom is -0.486 e. The highest BCUT2D eigenvalue weighted by molar-refractivity contribution is 7.99. The van der Waals surface area contributed by atoms with Crippen molar-refractivity contribution in [2.75, 3.05) is 44.0 Å². The van der Waals surface area contributed by atoms with Crippen molar-refractivity contribution in [3.63, 3.8) is 0 Å². The Balaban J connectivity index is 1.28. The molecule has 3 heterocycles. The van der Waals surface area contributed by atoms with Crippen molar-refractivity contribution in [1.29, 1.82) is 0 Å². The molecule has 1 aromatic heterocycles. The number of ether oxygens (including phenoxy) is 2. The first-order valence-corrected chi connectivity index (χ1v) is 12.7. The lowest BCUT2D eigenvalue weighted by molar-refractivity contribution is -0.127. The Labute approximate surface area is 203 Å². The molecule has 1 amide bonds. The number of aromatic nitrogens is 3. The first-order valence-electron chi connectivity index (χ1n) is 11.7. The number of amides is 1. The summed E-state index contributed by atoms with van der Waals surface area (Å²) in [5.41, 5.74) is 2.01. The zero-order valence-electron chi connectivity index (χ0n) is 19.4. The summed E-state index contributed by atoms with van der Waals surface area (Å²) in [6.07, 6.45) is 3.57. The quantitative estimate of drug-likeness (QED) is 0.478. The van der Waals surface area contributed by atoms with Gasteiger partial charge in [0.1, 0.15) is 13.2 Å². The van der Waals surface area contributed by atoms with Crippen molar-refractivity contribution in [3.8, 4) is 17.2 Å². The summed E-state index contributed by atoms with van der Waals surface area (Å²) in [7, 11) is 1.82. The molecular weight excluding hydrogens is 450 g/mol. The SMILES string of the molecule is CN(Cc1ccc2c(c1)OCCO2)C(=O)CSc1nnc(N2CCCCC2)n1-c1ccccc1. The molecular formula is C25H29N5O3S. The average Bonchev–Trinajstić information content (AvgIpc) is 3.32. The molecule has 2 aliphatic rings. The number of hydrogen-bond acceptors (Lipinski definition) is 7. The Kier molecular flexibility index (Phi) is 6.89. The number of hydrogen-bond donors (Lipinski definition) is 0. The van der Waals surface area contributed by atoms with Gasteiger partial charge in [-0.3, -0.25) is 9.36 Å². The second kappa shape index (κ2) is 10.4. The van der Waals surface area contributed by atoms with E-state index >= 15 is 0 Å². The first-order chi connectivity index (χ1) is 16.7. The molecule has 0 spiro atoms. The molecule has 0 unspecified atom stereocenters. The molecule has 0 bridgehead atoms. The highest BCUT2D eigenvalue weighted by Gasteiger charge is 2.22. The lowest BCUT2D eigenvalue weighted by Gasteiger charge is -2.27. The Morgan fingerprint density at radius 2 is 1.76 bits per heavy atom. The van der Waals surface area contributed by atoms with Crippen molar-refractivity contribution in [3.05, 3.63) is 54.1 Å². The van der Waals surface area contributed by atoms with E-state index in [-0.39, 0.29) is 11.7 Å². The lowest BCUT2D eigenvalue weighted by Crippen LogP contribution is -2.31. The average molecular weight is 480 g/mol. The van der Waals surface area contributed by atoms with Crippen LogP contribution in [0.4, 0.5) is 5.95 Å². The largest absolute Gasteiger partial charge is 0.486 e. The number of fused-ring (bicyclic) bond motifs is 1. The van der Waals surface area contributed by atoms with Gasteiger partial charge in [0.05, 0.1) is 11.4 Å². The predicted molar refractivity (Wildman–Crippen MR) is 132 cm³/mol. The summed E-state index contributed by atoms with van der Waals surface area (Å²) in [5, 5.41) is 9.71. The van der Waals surface area contributed by atoms with Crippen molar-refractivity contribution in [2.45, 2.75) is 31.0 Å². The predicted octanol–water partition coefficient (Wildman–Crippen LogP) is 3.78. The number of rotatable bonds is 7. The van der Waals surface area contributed by atoms with E-state index in [0.29, 0.717) is 19.8 Å². The van der Waals surface area contributed by atoms with E-state index in [9.17, 15) is 4.79 Å². The van der Waals surface area contributed by atoms with Gasteiger partial charge in [-0.1, -0.05) is 36.0 Å². The molecule has 2 aliphatic heterocycles. The highest BCUT2D eigenvalue weighted by atomic mass is 32.2. The van der Waals surface area contributed by atoms with Gasteiger partial charge in [-0.2, -0.15) is 0 Å². The summed E-state index contributed by atoms with van der Waals surface area (Å²) >= 11 is 1.42. The molecule has 9 heteroatoms. The maximum absolute atomic E-state index is 12.9. The molecule has 3 aromatic rings. The third-order valence-corrected chi connectivity index (χ3v) is 6.96. The second-order valence-corrected chi connectivity index (χ2v) is 9.46. The Morgan fingerprint density at radius 1 is 1.00 bits per heavy atom. The fourth-order valence-electron chi connectivity index (χ4n) is 4.24. The van der Waals surface area contributed by atoms with Crippen molar-refractivity contribution < 1.29 is 14.3 Å². The zero-order valence-corrected chi connectivity index (χ0v) is 20.2. The lowest BCUT2D eigenvalue weighted by atomic mass is 10.1. The highest BCUT2D eigenvalue weighted by Crippen LogP contribution is 2.31. The third-order valence-electron chi connectivity index (χ3n) is 6.05. The van der Waals surface area contributed by atoms with Crippen LogP contribution in [-0.4, -0.2) is 64.7 Å². The van der Waals surface area contributed by atoms with Gasteiger partial charge in [0, 0.05) is 26.7 Å². The fourth-order valence-corrected chi connectivity index (χ4v) is 5.13. The van der Waals surface area contributed by atoms with Gasteiger partial charge in [0.15, 0.2) is 16.7 Å². The molecule has 2 aromatic carbocycles. The molecule has 1 saturated heterocycles. The van der Waals surface area contributed by atoms with Gasteiger partial charge in [-0.05, 0) is 49.1 Å². The van der Waals surface area contributed by atoms with Crippen LogP contribution < -0.4 is 14.4 Å². The van der Waals surface area contributed by atoms with Crippen molar-refractivity contribution in [2.24, 2.45) is 0 Å². The zero-order chi connectivity index (χ0) is 23.3. The number of carbonyl (C=O) groups excluding carboxylic acids is 1. The topological polar surface area (TPSA) is 72.7 Å². The maximum atomic E-state index is 12.9. The number of benzene rings is 2. The van der Waals surface area contributed by atoms with E-state index < -0.39 is 0 Å². The molecule has 5 rings (SSSR count). The van der Waals surface area contributed by atoms with Gasteiger partial charge in [0.2, 0.25) is 11.9 Å². The van der Waals surface area contributed by atoms with Crippen LogP contribution in [0.3, 0.4) is 0 Å². The van der Waals surface area contributed by atoms with Crippen molar-refractivity contribution >= 4 is 23.6 Å². The number of nitrogens with zero attached hydrogens (tertiary/aromatic N) is 5. The number of anilines is 1. The molecule has 0 N–H and O–H groups in total. The van der Waals surface area contributed by atoms with Crippen LogP contribution in [0.15, 0.2) is 53.7 Å². The van der Waals surface area contributed by atoms with E-state index in [1.807, 2.05) is 43.4 Å². The smallest absolute Gasteiger partial charge is 0.233 e. The van der Waals surface area contributed by atoms with E-state index in [0.717, 1.165) is 59.8 Å². The van der Waals surface area contributed by atoms with Gasteiger partial charge in [-0.25, -0.2) is 0 Å². The van der Waals surface area contributed by atoms with E-state index in [1.54, 1.807) is 4.90 Å². The summed E-state index contributed by atoms with van der Waals surface area (Å²) in [6, 6.07) is 15.9. The molecule has 0 radical (unpaired) electrons. The summed E-state index contributed by atoms with van der Waals surface area (Å²) in [4.78, 5) is 17.0. The molecule has 1 fully saturated rings. The van der Waals surface area contributed by atoms with E-state index in [2.05, 4.69) is 31.8 Å². The fraction of sp³-hybridized carbons (Fsp3) is 0.400. The molecule has 0 saturated carbocycles. The van der Waals surface area contributed by atoms with E-state index in [1.165, 1.54) is 18.2 Å². The van der Waals surface area contributed by atoms with Gasteiger partial charge >= 0.3 is 0 Å². The summed E-state index contributed by atoms with van der Waals surface area (Å²) in [6.45, 7) is 3.57. The van der Waals surface area contributed by atoms with Gasteiger partial charge in [0.25, 0.3) is 0 Å². The summed E-state index contributed by atoms with van der Waals surface area (Å²) in [5.74, 6) is 2.66. The summed E-state index contributed by atoms with van der Waals surface area (Å²) < 4.78 is 13.3. The Bertz CT molecular complexity index is 1130. The van der Waals surface area contributed by atoms with E-state index in [4.69, 9.17) is 9.47 Å². The van der Waals surface area contributed by atoms with Crippen LogP contribution in [0.5, 0.6) is 11.5 Å². The first kappa shape index (κ1) is 22.6. The molecule has 0 aliphatic carbocycles. The number of piperidine rings is 1. The van der Waals surface area contributed by atoms with Crippen LogP contribution >= 0.6 is 11.8 Å². The van der Waals surface area contributed by atoms with Gasteiger partial charge in [-0.15, -0.1) is 10.2 Å². The Morgan fingerprint density at radius 3 is 2.56 bits per heavy atom. The second-order valence-electron chi connectivity index (χ2n) is 8.52. The maximum Gasteiger partial charge on any atom is 0.233 e. The standard InChI is InChI=1S/C25H29N5O3S/c1-28(17-19-10-11-21-22(16-19)33-15-14-32-21)23(31)18-34-25-27-26-24(29-12-6-3-7-13-29)30(25)20-8-4-2-5-9-20/h2,4-5,8-11,16H,3,6-7,12-15,17-18H2,1H3. The van der Waals surface area contributed by atoms with Crippen LogP contribution in [-0.2, 0) is 11.3 Å². The Hall–Kier alpha value is -3.20. The number of para-hydroxylation sites is 1. The third kappa shape index (κ3) is 4.99.